The lowest BCUT2D eigenvalue weighted by molar-refractivity contribution is 0.0783. The predicted octanol–water partition coefficient (Wildman–Crippen LogP) is 4.64. The number of thiazole rings is 1. The highest BCUT2D eigenvalue weighted by molar-refractivity contribution is 7.13. The van der Waals surface area contributed by atoms with Crippen LogP contribution in [0.4, 0.5) is 9.93 Å². The summed E-state index contributed by atoms with van der Waals surface area (Å²) < 4.78 is 4.92. The molecule has 0 radical (unpaired) electrons. The number of nitrogens with one attached hydrogen (secondary N) is 2. The van der Waals surface area contributed by atoms with E-state index in [4.69, 9.17) is 27.6 Å². The fourth-order valence-electron chi connectivity index (χ4n) is 2.33. The van der Waals surface area contributed by atoms with Gasteiger partial charge in [0.25, 0.3) is 5.91 Å². The van der Waals surface area contributed by atoms with Gasteiger partial charge in [0.05, 0.1) is 34.1 Å². The van der Waals surface area contributed by atoms with Crippen molar-refractivity contribution in [1.82, 2.24) is 15.2 Å². The van der Waals surface area contributed by atoms with Gasteiger partial charge in [-0.15, -0.1) is 11.3 Å². The maximum absolute atomic E-state index is 12.2. The average molecular weight is 439 g/mol. The fraction of sp³-hybridized carbons (Fsp3) is 0.167. The number of urea groups is 1. The van der Waals surface area contributed by atoms with Gasteiger partial charge in [0.2, 0.25) is 0 Å². The van der Waals surface area contributed by atoms with Crippen LogP contribution in [0.15, 0.2) is 46.6 Å². The van der Waals surface area contributed by atoms with Crippen LogP contribution in [-0.2, 0) is 13.1 Å². The molecule has 0 saturated heterocycles. The molecule has 0 unspecified atom stereocenters. The number of hydrogen-bond donors (Lipinski definition) is 2. The molecule has 2 N–H and O–H groups in total. The van der Waals surface area contributed by atoms with Crippen LogP contribution in [0, 0.1) is 0 Å². The summed E-state index contributed by atoms with van der Waals surface area (Å²) in [7, 11) is 1.67. The molecule has 2 aromatic heterocycles. The number of carbonyl (C=O) groups is 2. The lowest BCUT2D eigenvalue weighted by Gasteiger charge is -2.14. The molecule has 0 saturated carbocycles. The normalized spacial score (nSPS) is 10.5. The van der Waals surface area contributed by atoms with Crippen molar-refractivity contribution < 1.29 is 14.0 Å². The Morgan fingerprint density at radius 1 is 1.25 bits per heavy atom. The number of aromatic nitrogens is 1. The Labute approximate surface area is 175 Å². The predicted molar refractivity (Wildman–Crippen MR) is 109 cm³/mol. The molecule has 3 rings (SSSR count). The number of anilines is 1. The Bertz CT molecular complexity index is 975. The molecule has 0 aliphatic heterocycles. The minimum absolute atomic E-state index is 0.171. The van der Waals surface area contributed by atoms with Gasteiger partial charge in [-0.25, -0.2) is 9.78 Å². The minimum Gasteiger partial charge on any atom is -0.472 e. The van der Waals surface area contributed by atoms with Crippen molar-refractivity contribution in [3.05, 3.63) is 69.0 Å². The second kappa shape index (κ2) is 9.09. The first kappa shape index (κ1) is 20.2. The largest absolute Gasteiger partial charge is 0.472 e. The Balaban J connectivity index is 1.50. The van der Waals surface area contributed by atoms with E-state index in [9.17, 15) is 9.59 Å². The second-order valence-electron chi connectivity index (χ2n) is 5.87. The first-order chi connectivity index (χ1) is 13.4. The zero-order valence-electron chi connectivity index (χ0n) is 14.7. The van der Waals surface area contributed by atoms with Gasteiger partial charge in [-0.3, -0.25) is 10.1 Å². The van der Waals surface area contributed by atoms with Crippen molar-refractivity contribution in [3.8, 4) is 0 Å². The average Bonchev–Trinajstić information content (AvgIpc) is 3.34. The summed E-state index contributed by atoms with van der Waals surface area (Å²) in [5.74, 6) is -0.171. The van der Waals surface area contributed by atoms with E-state index < -0.39 is 6.03 Å². The van der Waals surface area contributed by atoms with Crippen molar-refractivity contribution in [2.24, 2.45) is 0 Å². The number of halogens is 2. The van der Waals surface area contributed by atoms with Crippen LogP contribution < -0.4 is 10.6 Å². The Hall–Kier alpha value is -2.55. The highest BCUT2D eigenvalue weighted by atomic mass is 35.5. The molecule has 3 amide bonds. The van der Waals surface area contributed by atoms with Crippen LogP contribution in [0.2, 0.25) is 10.0 Å². The van der Waals surface area contributed by atoms with Crippen molar-refractivity contribution in [3.63, 3.8) is 0 Å². The monoisotopic (exact) mass is 438 g/mol. The topological polar surface area (TPSA) is 87.5 Å². The first-order valence-corrected chi connectivity index (χ1v) is 9.77. The molecule has 0 bridgehead atoms. The molecule has 0 fully saturated rings. The van der Waals surface area contributed by atoms with Crippen LogP contribution >= 0.6 is 34.5 Å². The van der Waals surface area contributed by atoms with E-state index in [1.807, 2.05) is 0 Å². The summed E-state index contributed by atoms with van der Waals surface area (Å²) in [6.07, 6.45) is 2.84. The molecule has 146 valence electrons. The van der Waals surface area contributed by atoms with E-state index in [1.54, 1.807) is 36.7 Å². The van der Waals surface area contributed by atoms with Gasteiger partial charge in [-0.2, -0.15) is 0 Å². The highest BCUT2D eigenvalue weighted by Gasteiger charge is 2.15. The molecule has 2 heterocycles. The molecule has 3 aromatic rings. The van der Waals surface area contributed by atoms with E-state index >= 15 is 0 Å². The van der Waals surface area contributed by atoms with Gasteiger partial charge in [-0.05, 0) is 23.8 Å². The van der Waals surface area contributed by atoms with Crippen LogP contribution in [0.25, 0.3) is 0 Å². The van der Waals surface area contributed by atoms with Gasteiger partial charge >= 0.3 is 6.03 Å². The Kier molecular flexibility index (Phi) is 6.56. The summed E-state index contributed by atoms with van der Waals surface area (Å²) in [6.45, 7) is 0.607. The van der Waals surface area contributed by atoms with E-state index in [0.717, 1.165) is 5.56 Å². The molecule has 0 atom stereocenters. The van der Waals surface area contributed by atoms with Crippen LogP contribution in [0.3, 0.4) is 0 Å². The van der Waals surface area contributed by atoms with Crippen LogP contribution in [0.1, 0.15) is 21.6 Å². The molecule has 0 aliphatic rings. The number of amides is 3. The third-order valence-corrected chi connectivity index (χ3v) is 5.27. The Morgan fingerprint density at radius 2 is 2.07 bits per heavy atom. The molecule has 28 heavy (non-hydrogen) atoms. The lowest BCUT2D eigenvalue weighted by Crippen LogP contribution is -2.28. The summed E-state index contributed by atoms with van der Waals surface area (Å²) in [6, 6.07) is 6.36. The maximum atomic E-state index is 12.2. The molecule has 1 aromatic carbocycles. The molecule has 7 nitrogen and oxygen atoms in total. The fourth-order valence-corrected chi connectivity index (χ4v) is 3.35. The van der Waals surface area contributed by atoms with Crippen molar-refractivity contribution in [1.29, 1.82) is 0 Å². The number of carbonyl (C=O) groups excluding carboxylic acids is 2. The van der Waals surface area contributed by atoms with E-state index in [0.29, 0.717) is 39.5 Å². The highest BCUT2D eigenvalue weighted by Crippen LogP contribution is 2.22. The van der Waals surface area contributed by atoms with Crippen molar-refractivity contribution >= 4 is 51.6 Å². The zero-order chi connectivity index (χ0) is 20.1. The minimum atomic E-state index is -0.394. The Morgan fingerprint density at radius 3 is 2.79 bits per heavy atom. The first-order valence-electron chi connectivity index (χ1n) is 8.13. The number of rotatable bonds is 6. The molecular formula is C18H16Cl2N4O3S. The van der Waals surface area contributed by atoms with Gasteiger partial charge in [0.15, 0.2) is 5.13 Å². The van der Waals surface area contributed by atoms with E-state index in [1.165, 1.54) is 28.8 Å². The van der Waals surface area contributed by atoms with Gasteiger partial charge in [0.1, 0.15) is 6.26 Å². The zero-order valence-corrected chi connectivity index (χ0v) is 17.1. The third kappa shape index (κ3) is 5.25. The summed E-state index contributed by atoms with van der Waals surface area (Å²) in [4.78, 5) is 30.1. The van der Waals surface area contributed by atoms with Gasteiger partial charge < -0.3 is 14.6 Å². The molecule has 10 heteroatoms. The van der Waals surface area contributed by atoms with E-state index in [2.05, 4.69) is 15.6 Å². The number of benzene rings is 1. The van der Waals surface area contributed by atoms with Crippen LogP contribution in [0.5, 0.6) is 0 Å². The number of furan rings is 1. The second-order valence-corrected chi connectivity index (χ2v) is 7.55. The molecular weight excluding hydrogens is 423 g/mol. The SMILES string of the molecule is CN(Cc1csc(NC(=O)NCc2ccc(Cl)c(Cl)c2)n1)C(=O)c1ccoc1. The third-order valence-electron chi connectivity index (χ3n) is 3.72. The van der Waals surface area contributed by atoms with Crippen molar-refractivity contribution in [2.45, 2.75) is 13.1 Å². The number of hydrogen-bond acceptors (Lipinski definition) is 5. The van der Waals surface area contributed by atoms with Crippen molar-refractivity contribution in [2.75, 3.05) is 12.4 Å². The summed E-state index contributed by atoms with van der Waals surface area (Å²) >= 11 is 13.1. The van der Waals surface area contributed by atoms with E-state index in [-0.39, 0.29) is 5.91 Å². The van der Waals surface area contributed by atoms with Crippen LogP contribution in [-0.4, -0.2) is 28.9 Å². The molecule has 0 aliphatic carbocycles. The smallest absolute Gasteiger partial charge is 0.321 e. The summed E-state index contributed by atoms with van der Waals surface area (Å²) in [5, 5.41) is 8.50. The molecule has 0 spiro atoms. The lowest BCUT2D eigenvalue weighted by atomic mass is 10.2. The van der Waals surface area contributed by atoms with Gasteiger partial charge in [0, 0.05) is 19.0 Å². The quantitative estimate of drug-likeness (QED) is 0.586. The maximum Gasteiger partial charge on any atom is 0.321 e. The van der Waals surface area contributed by atoms with Gasteiger partial charge in [-0.1, -0.05) is 29.3 Å². The standard InChI is InChI=1S/C18H16Cl2N4O3S/c1-24(16(25)12-4-5-27-9-12)8-13-10-28-18(22-13)23-17(26)21-7-11-2-3-14(19)15(20)6-11/h2-6,9-10H,7-8H2,1H3,(H2,21,22,23,26). The number of nitrogens with zero attached hydrogens (tertiary/aromatic N) is 2. The summed E-state index contributed by atoms with van der Waals surface area (Å²) in [5.41, 5.74) is 1.96.